The molecule has 0 aliphatic rings. The normalized spacial score (nSPS) is 11.2. The summed E-state index contributed by atoms with van der Waals surface area (Å²) in [5.74, 6) is 0.282. The molecule has 566 valence electrons. The molecule has 0 unspecified atom stereocenters. The SMILES string of the molecule is COc1ccc(-c2c(C)n(CC(=O)OC(C)(C)C)c3ccccc23)cn1.COc1ccc(B(O)O)cn1.Cc1[nH]c2ccccc2c1Br.Cc1c(-c2ccc(=O)n(Cc3ccccc3)c2)c2ccccc2n1CC(=O)OC(C)(C)C.Cc1c(Br)c2ccccc2n1CC(=O)OC(C)(C)C.Cc1cc2ccccc2[nH]1. The fourth-order valence-corrected chi connectivity index (χ4v) is 13.5. The zero-order valence-corrected chi connectivity index (χ0v) is 67.8. The average Bonchev–Trinajstić information content (AvgIpc) is 1.62. The van der Waals surface area contributed by atoms with Crippen LogP contribution in [0.2, 0.25) is 0 Å². The first-order valence-corrected chi connectivity index (χ1v) is 37.2. The van der Waals surface area contributed by atoms with Gasteiger partial charge in [-0.3, -0.25) is 19.2 Å². The molecule has 8 aromatic heterocycles. The minimum atomic E-state index is -1.46. The standard InChI is InChI=1S/C27H28N2O3.C21H24N2O3.C15H18BrNO2.C9H8BrN.C9H9N.C6H8BNO3/c1-19-26(21-14-15-24(30)28(17-21)16-20-10-6-5-7-11-20)22-12-8-9-13-23(22)29(19)18-25(31)32-27(2,3)4;1-14-20(15-10-11-18(25-5)22-12-15)16-8-6-7-9-17(16)23(14)13-19(24)26-21(2,3)4;1-10-14(16)11-7-5-6-8-12(11)17(10)9-13(18)19-15(2,3)4;1-6-9(10)7-4-2-3-5-8(7)11-6;1-7-6-8-4-2-3-5-9(8)10-7;1-11-6-3-2-5(4-8-6)7(9)10/h5-15,17H,16,18H2,1-4H3;6-12H,13H2,1-5H3;5-8H,9H2,1-4H3;2-5,11H,1H3;2-6,10H,1H3;2-4,9-10H,1H3. The van der Waals surface area contributed by atoms with Gasteiger partial charge >= 0.3 is 25.0 Å². The Hall–Kier alpha value is -10.8. The van der Waals surface area contributed by atoms with Gasteiger partial charge in [-0.25, -0.2) is 9.97 Å². The number of pyridine rings is 3. The second kappa shape index (κ2) is 36.4. The van der Waals surface area contributed by atoms with E-state index in [1.54, 1.807) is 30.0 Å². The number of esters is 3. The molecule has 14 aromatic rings. The summed E-state index contributed by atoms with van der Waals surface area (Å²) < 4.78 is 36.3. The van der Waals surface area contributed by atoms with Crippen LogP contribution in [0.15, 0.2) is 226 Å². The van der Waals surface area contributed by atoms with Crippen molar-refractivity contribution in [3.63, 3.8) is 0 Å². The van der Waals surface area contributed by atoms with Crippen molar-refractivity contribution in [3.8, 4) is 34.0 Å². The van der Waals surface area contributed by atoms with E-state index in [4.69, 9.17) is 33.7 Å². The number of carbonyl (C=O) groups excluding carboxylic acids is 3. The summed E-state index contributed by atoms with van der Waals surface area (Å²) in [4.78, 5) is 64.1. The van der Waals surface area contributed by atoms with Crippen molar-refractivity contribution < 1.29 is 48.1 Å². The highest BCUT2D eigenvalue weighted by Gasteiger charge is 2.25. The van der Waals surface area contributed by atoms with Gasteiger partial charge in [-0.1, -0.05) is 127 Å². The zero-order valence-electron chi connectivity index (χ0n) is 64.6. The number of hydrogen-bond acceptors (Lipinski definition) is 13. The molecular formula is C87H95BBr2N8O11. The number of fused-ring (bicyclic) bond motifs is 5. The molecule has 6 aromatic carbocycles. The molecular weight excluding hydrogens is 1500 g/mol. The molecule has 0 radical (unpaired) electrons. The Bertz CT molecular complexity index is 5470. The number of aryl methyl sites for hydroxylation is 2. The van der Waals surface area contributed by atoms with E-state index in [2.05, 4.69) is 114 Å². The summed E-state index contributed by atoms with van der Waals surface area (Å²) in [6, 6.07) is 63.1. The third-order valence-corrected chi connectivity index (χ3v) is 19.2. The first-order valence-electron chi connectivity index (χ1n) is 35.6. The highest BCUT2D eigenvalue weighted by molar-refractivity contribution is 9.11. The molecule has 19 nitrogen and oxygen atoms in total. The van der Waals surface area contributed by atoms with E-state index in [0.717, 1.165) is 82.1 Å². The largest absolute Gasteiger partial charge is 0.490 e. The quantitative estimate of drug-likeness (QED) is 0.0479. The zero-order chi connectivity index (χ0) is 79.1. The number of ether oxygens (including phenoxy) is 5. The topological polar surface area (TPSA) is 232 Å². The number of H-pyrrole nitrogens is 2. The highest BCUT2D eigenvalue weighted by atomic mass is 79.9. The predicted octanol–water partition coefficient (Wildman–Crippen LogP) is 18.1. The van der Waals surface area contributed by atoms with E-state index in [0.29, 0.717) is 23.8 Å². The lowest BCUT2D eigenvalue weighted by molar-refractivity contribution is -0.156. The van der Waals surface area contributed by atoms with Crippen LogP contribution in [0.4, 0.5) is 0 Å². The first kappa shape index (κ1) is 82.3. The Morgan fingerprint density at radius 1 is 0.468 bits per heavy atom. The van der Waals surface area contributed by atoms with Crippen LogP contribution in [0.1, 0.15) is 96.3 Å². The van der Waals surface area contributed by atoms with Crippen molar-refractivity contribution in [2.45, 2.75) is 140 Å². The van der Waals surface area contributed by atoms with Crippen LogP contribution in [0, 0.1) is 34.6 Å². The van der Waals surface area contributed by atoms with Gasteiger partial charge in [-0.05, 0) is 194 Å². The Morgan fingerprint density at radius 3 is 1.37 bits per heavy atom. The monoisotopic (exact) mass is 1600 g/mol. The maximum Gasteiger partial charge on any atom is 0.490 e. The van der Waals surface area contributed by atoms with Gasteiger partial charge < -0.3 is 62.0 Å². The molecule has 0 bridgehead atoms. The molecule has 0 spiro atoms. The molecule has 0 aliphatic heterocycles. The van der Waals surface area contributed by atoms with E-state index < -0.39 is 23.9 Å². The molecule has 0 amide bonds. The number of hydrogen-bond donors (Lipinski definition) is 4. The molecule has 0 saturated heterocycles. The number of nitrogens with zero attached hydrogens (tertiary/aromatic N) is 6. The number of rotatable bonds is 13. The number of halogens is 2. The van der Waals surface area contributed by atoms with Crippen LogP contribution in [0.3, 0.4) is 0 Å². The summed E-state index contributed by atoms with van der Waals surface area (Å²) in [5, 5.41) is 23.1. The highest BCUT2D eigenvalue weighted by Crippen LogP contribution is 2.37. The van der Waals surface area contributed by atoms with Crippen LogP contribution < -0.4 is 20.5 Å². The van der Waals surface area contributed by atoms with E-state index in [-0.39, 0.29) is 43.1 Å². The van der Waals surface area contributed by atoms with Crippen molar-refractivity contribution >= 4 is 117 Å². The molecule has 14 rings (SSSR count). The number of nitrogens with one attached hydrogen (secondary N) is 2. The van der Waals surface area contributed by atoms with Crippen LogP contribution in [-0.4, -0.2) is 104 Å². The van der Waals surface area contributed by atoms with Crippen LogP contribution in [0.5, 0.6) is 11.8 Å². The molecule has 0 atom stereocenters. The van der Waals surface area contributed by atoms with Crippen molar-refractivity contribution in [1.29, 1.82) is 0 Å². The Balaban J connectivity index is 0.000000159. The minimum absolute atomic E-state index is 0.0484. The van der Waals surface area contributed by atoms with Gasteiger partial charge in [0.2, 0.25) is 11.8 Å². The fourth-order valence-electron chi connectivity index (χ4n) is 12.5. The number of benzene rings is 6. The molecule has 0 aliphatic carbocycles. The Morgan fingerprint density at radius 2 is 0.899 bits per heavy atom. The molecule has 8 heterocycles. The first-order chi connectivity index (χ1) is 51.7. The maximum absolute atomic E-state index is 12.6. The van der Waals surface area contributed by atoms with Gasteiger partial charge in [0.05, 0.1) is 20.8 Å². The van der Waals surface area contributed by atoms with Crippen LogP contribution >= 0.6 is 31.9 Å². The van der Waals surface area contributed by atoms with E-state index in [9.17, 15) is 19.2 Å². The van der Waals surface area contributed by atoms with E-state index >= 15 is 0 Å². The van der Waals surface area contributed by atoms with Gasteiger partial charge in [-0.15, -0.1) is 0 Å². The predicted molar refractivity (Wildman–Crippen MR) is 445 cm³/mol. The molecule has 0 saturated carbocycles. The number of methoxy groups -OCH3 is 2. The van der Waals surface area contributed by atoms with Gasteiger partial charge in [0.15, 0.2) is 0 Å². The number of para-hydroxylation sites is 5. The molecule has 4 N–H and O–H groups in total. The van der Waals surface area contributed by atoms with Crippen molar-refractivity contribution in [2.75, 3.05) is 14.2 Å². The second-order valence-electron chi connectivity index (χ2n) is 29.0. The van der Waals surface area contributed by atoms with E-state index in [1.165, 1.54) is 57.0 Å². The third-order valence-electron chi connectivity index (χ3n) is 17.2. The summed E-state index contributed by atoms with van der Waals surface area (Å²) in [6.45, 7) is 28.0. The van der Waals surface area contributed by atoms with Crippen LogP contribution in [-0.2, 0) is 54.8 Å². The minimum Gasteiger partial charge on any atom is -0.481 e. The summed E-state index contributed by atoms with van der Waals surface area (Å²) >= 11 is 7.10. The average molecular weight is 1600 g/mol. The van der Waals surface area contributed by atoms with Gasteiger partial charge in [0.1, 0.15) is 36.4 Å². The number of carbonyl (C=O) groups is 3. The van der Waals surface area contributed by atoms with Gasteiger partial charge in [0, 0.05) is 145 Å². The van der Waals surface area contributed by atoms with Crippen molar-refractivity contribution in [2.24, 2.45) is 0 Å². The third kappa shape index (κ3) is 22.0. The second-order valence-corrected chi connectivity index (χ2v) is 30.6. The lowest BCUT2D eigenvalue weighted by Gasteiger charge is -2.20. The number of aromatic nitrogens is 8. The lowest BCUT2D eigenvalue weighted by atomic mass is 9.82. The summed E-state index contributed by atoms with van der Waals surface area (Å²) in [7, 11) is 1.63. The smallest absolute Gasteiger partial charge is 0.481 e. The van der Waals surface area contributed by atoms with Crippen LogP contribution in [0.25, 0.3) is 76.8 Å². The van der Waals surface area contributed by atoms with Gasteiger partial charge in [-0.2, -0.15) is 0 Å². The Kier molecular flexibility index (Phi) is 27.5. The summed E-state index contributed by atoms with van der Waals surface area (Å²) in [5.41, 5.74) is 14.7. The lowest BCUT2D eigenvalue weighted by Crippen LogP contribution is -2.29. The fraction of sp³-hybridized carbons (Fsp3) is 0.264. The number of aromatic amines is 2. The molecule has 0 fully saturated rings. The van der Waals surface area contributed by atoms with E-state index in [1.807, 2.05) is 230 Å². The maximum atomic E-state index is 12.6. The Labute approximate surface area is 653 Å². The summed E-state index contributed by atoms with van der Waals surface area (Å²) in [6.07, 6.45) is 5.05. The van der Waals surface area contributed by atoms with Crippen molar-refractivity contribution in [3.05, 3.63) is 266 Å². The molecule has 109 heavy (non-hydrogen) atoms. The van der Waals surface area contributed by atoms with Gasteiger partial charge in [0.25, 0.3) is 5.56 Å². The van der Waals surface area contributed by atoms with Crippen molar-refractivity contribution in [1.82, 2.24) is 38.2 Å². The molecule has 22 heteroatoms.